The predicted molar refractivity (Wildman–Crippen MR) is 118 cm³/mol. The van der Waals surface area contributed by atoms with Crippen molar-refractivity contribution in [1.82, 2.24) is 4.57 Å². The van der Waals surface area contributed by atoms with E-state index in [2.05, 4.69) is 6.07 Å². The number of fused-ring (bicyclic) bond motifs is 1. The van der Waals surface area contributed by atoms with Crippen molar-refractivity contribution >= 4 is 11.3 Å². The van der Waals surface area contributed by atoms with E-state index in [1.54, 1.807) is 24.9 Å². The number of allylic oxidation sites excluding steroid dienone is 1. The van der Waals surface area contributed by atoms with Gasteiger partial charge in [0.2, 0.25) is 5.88 Å². The minimum atomic E-state index is -0.557. The molecule has 1 aromatic carbocycles. The summed E-state index contributed by atoms with van der Waals surface area (Å²) in [6, 6.07) is 13.2. The normalized spacial score (nSPS) is 15.1. The number of hydrogen-bond donors (Lipinski definition) is 1. The molecule has 0 saturated carbocycles. The van der Waals surface area contributed by atoms with Gasteiger partial charge in [-0.25, -0.2) is 0 Å². The third-order valence-electron chi connectivity index (χ3n) is 5.31. The SMILES string of the molecule is COc1ccc(Cn2c(C)cc3c(c2=O)[C@H](c2cccs2)C(C#N)=C(N)O3)cc1OC. The van der Waals surface area contributed by atoms with Crippen LogP contribution in [0.5, 0.6) is 17.2 Å². The number of ether oxygens (including phenoxy) is 3. The van der Waals surface area contributed by atoms with Crippen LogP contribution in [-0.4, -0.2) is 18.8 Å². The van der Waals surface area contributed by atoms with Gasteiger partial charge in [0.15, 0.2) is 11.5 Å². The molecular formula is C23H21N3O4S. The monoisotopic (exact) mass is 435 g/mol. The summed E-state index contributed by atoms with van der Waals surface area (Å²) in [4.78, 5) is 14.5. The van der Waals surface area contributed by atoms with Gasteiger partial charge in [-0.1, -0.05) is 12.1 Å². The topological polar surface area (TPSA) is 99.5 Å². The van der Waals surface area contributed by atoms with Gasteiger partial charge in [0.05, 0.1) is 32.2 Å². The minimum Gasteiger partial charge on any atom is -0.493 e. The molecule has 158 valence electrons. The molecule has 0 bridgehead atoms. The van der Waals surface area contributed by atoms with E-state index >= 15 is 0 Å². The van der Waals surface area contributed by atoms with Crippen molar-refractivity contribution in [2.75, 3.05) is 14.2 Å². The zero-order chi connectivity index (χ0) is 22.1. The van der Waals surface area contributed by atoms with Crippen LogP contribution in [-0.2, 0) is 6.54 Å². The first-order valence-corrected chi connectivity index (χ1v) is 10.4. The molecule has 0 unspecified atom stereocenters. The number of nitrogens with zero attached hydrogens (tertiary/aromatic N) is 2. The second-order valence-electron chi connectivity index (χ2n) is 7.08. The molecule has 2 N–H and O–H groups in total. The molecule has 0 spiro atoms. The summed E-state index contributed by atoms with van der Waals surface area (Å²) >= 11 is 1.47. The number of aromatic nitrogens is 1. The molecular weight excluding hydrogens is 414 g/mol. The number of aryl methyl sites for hydroxylation is 1. The fourth-order valence-electron chi connectivity index (χ4n) is 3.78. The molecule has 3 heterocycles. The number of nitriles is 1. The van der Waals surface area contributed by atoms with Gasteiger partial charge in [-0.2, -0.15) is 5.26 Å². The summed E-state index contributed by atoms with van der Waals surface area (Å²) in [5.41, 5.74) is 8.06. The zero-order valence-corrected chi connectivity index (χ0v) is 18.2. The smallest absolute Gasteiger partial charge is 0.259 e. The van der Waals surface area contributed by atoms with Crippen molar-refractivity contribution in [3.63, 3.8) is 0 Å². The van der Waals surface area contributed by atoms with Crippen LogP contribution < -0.4 is 25.5 Å². The Bertz CT molecular complexity index is 1270. The summed E-state index contributed by atoms with van der Waals surface area (Å²) in [5.74, 6) is 1.07. The Morgan fingerprint density at radius 1 is 1.23 bits per heavy atom. The molecule has 1 aliphatic heterocycles. The van der Waals surface area contributed by atoms with Crippen LogP contribution in [0.3, 0.4) is 0 Å². The predicted octanol–water partition coefficient (Wildman–Crippen LogP) is 3.50. The molecule has 31 heavy (non-hydrogen) atoms. The molecule has 0 fully saturated rings. The van der Waals surface area contributed by atoms with Gasteiger partial charge < -0.3 is 24.5 Å². The van der Waals surface area contributed by atoms with Gasteiger partial charge in [-0.05, 0) is 36.1 Å². The van der Waals surface area contributed by atoms with Gasteiger partial charge in [-0.3, -0.25) is 4.79 Å². The van der Waals surface area contributed by atoms with Crippen LogP contribution in [0.15, 0.2) is 58.0 Å². The van der Waals surface area contributed by atoms with Gasteiger partial charge in [0.25, 0.3) is 5.56 Å². The summed E-state index contributed by atoms with van der Waals surface area (Å²) in [5, 5.41) is 11.6. The molecule has 7 nitrogen and oxygen atoms in total. The Morgan fingerprint density at radius 3 is 2.65 bits per heavy atom. The average molecular weight is 436 g/mol. The van der Waals surface area contributed by atoms with E-state index in [1.165, 1.54) is 11.3 Å². The number of methoxy groups -OCH3 is 2. The van der Waals surface area contributed by atoms with E-state index in [0.717, 1.165) is 16.1 Å². The largest absolute Gasteiger partial charge is 0.493 e. The number of thiophene rings is 1. The van der Waals surface area contributed by atoms with Crippen LogP contribution in [0.4, 0.5) is 0 Å². The van der Waals surface area contributed by atoms with E-state index in [4.69, 9.17) is 19.9 Å². The highest BCUT2D eigenvalue weighted by Gasteiger charge is 2.34. The van der Waals surface area contributed by atoms with Crippen molar-refractivity contribution in [2.45, 2.75) is 19.4 Å². The Kier molecular flexibility index (Phi) is 5.44. The lowest BCUT2D eigenvalue weighted by Gasteiger charge is -2.26. The van der Waals surface area contributed by atoms with E-state index in [9.17, 15) is 10.1 Å². The summed E-state index contributed by atoms with van der Waals surface area (Å²) in [7, 11) is 3.15. The second kappa shape index (κ2) is 8.20. The van der Waals surface area contributed by atoms with Crippen molar-refractivity contribution < 1.29 is 14.2 Å². The molecule has 3 aromatic rings. The van der Waals surface area contributed by atoms with Gasteiger partial charge in [-0.15, -0.1) is 11.3 Å². The number of hydrogen-bond acceptors (Lipinski definition) is 7. The van der Waals surface area contributed by atoms with Gasteiger partial charge in [0.1, 0.15) is 17.4 Å². The van der Waals surface area contributed by atoms with E-state index in [0.29, 0.717) is 29.4 Å². The third kappa shape index (κ3) is 3.53. The fraction of sp³-hybridized carbons (Fsp3) is 0.217. The summed E-state index contributed by atoms with van der Waals surface area (Å²) < 4.78 is 18.0. The number of rotatable bonds is 5. The van der Waals surface area contributed by atoms with Crippen LogP contribution >= 0.6 is 11.3 Å². The van der Waals surface area contributed by atoms with E-state index in [-0.39, 0.29) is 17.0 Å². The lowest BCUT2D eigenvalue weighted by Crippen LogP contribution is -2.32. The van der Waals surface area contributed by atoms with Crippen LogP contribution in [0.1, 0.15) is 27.6 Å². The molecule has 1 aliphatic rings. The van der Waals surface area contributed by atoms with Crippen LogP contribution in [0, 0.1) is 18.3 Å². The first-order valence-electron chi connectivity index (χ1n) is 9.54. The first kappa shape index (κ1) is 20.6. The molecule has 0 aliphatic carbocycles. The molecule has 4 rings (SSSR count). The number of pyridine rings is 1. The van der Waals surface area contributed by atoms with Crippen molar-refractivity contribution in [3.05, 3.63) is 85.3 Å². The minimum absolute atomic E-state index is 0.0323. The van der Waals surface area contributed by atoms with Crippen molar-refractivity contribution in [1.29, 1.82) is 5.26 Å². The highest BCUT2D eigenvalue weighted by atomic mass is 32.1. The Hall–Kier alpha value is -3.70. The Balaban J connectivity index is 1.85. The Labute approximate surface area is 183 Å². The van der Waals surface area contributed by atoms with E-state index in [1.807, 2.05) is 42.6 Å². The third-order valence-corrected chi connectivity index (χ3v) is 6.24. The maximum Gasteiger partial charge on any atom is 0.259 e. The molecule has 0 amide bonds. The molecule has 8 heteroatoms. The second-order valence-corrected chi connectivity index (χ2v) is 8.06. The summed E-state index contributed by atoms with van der Waals surface area (Å²) in [6.45, 7) is 2.17. The summed E-state index contributed by atoms with van der Waals surface area (Å²) in [6.07, 6.45) is 0. The Morgan fingerprint density at radius 2 is 2.00 bits per heavy atom. The first-order chi connectivity index (χ1) is 15.0. The quantitative estimate of drug-likeness (QED) is 0.658. The maximum absolute atomic E-state index is 13.6. The van der Waals surface area contributed by atoms with Gasteiger partial charge in [0, 0.05) is 16.6 Å². The highest BCUT2D eigenvalue weighted by Crippen LogP contribution is 2.42. The van der Waals surface area contributed by atoms with E-state index < -0.39 is 5.92 Å². The average Bonchev–Trinajstić information content (AvgIpc) is 3.30. The molecule has 1 atom stereocenters. The molecule has 0 saturated heterocycles. The standard InChI is InChI=1S/C23H21N3O4S/c1-13-9-18-21(20(19-5-4-8-31-19)15(11-24)22(25)30-18)23(27)26(13)12-14-6-7-16(28-2)17(10-14)29-3/h4-10,20H,12,25H2,1-3H3/t20-/m0/s1. The van der Waals surface area contributed by atoms with Crippen LogP contribution in [0.2, 0.25) is 0 Å². The lowest BCUT2D eigenvalue weighted by molar-refractivity contribution is 0.354. The number of nitrogens with two attached hydrogens (primary N) is 1. The van der Waals surface area contributed by atoms with Crippen LogP contribution in [0.25, 0.3) is 0 Å². The van der Waals surface area contributed by atoms with Gasteiger partial charge >= 0.3 is 0 Å². The van der Waals surface area contributed by atoms with Crippen molar-refractivity contribution in [2.24, 2.45) is 5.73 Å². The molecule has 2 aromatic heterocycles. The fourth-order valence-corrected chi connectivity index (χ4v) is 4.63. The maximum atomic E-state index is 13.6. The number of benzene rings is 1. The highest BCUT2D eigenvalue weighted by molar-refractivity contribution is 7.10. The van der Waals surface area contributed by atoms with Crippen molar-refractivity contribution in [3.8, 4) is 23.3 Å². The zero-order valence-electron chi connectivity index (χ0n) is 17.3. The lowest BCUT2D eigenvalue weighted by atomic mass is 9.88. The molecule has 0 radical (unpaired) electrons.